The molecule has 0 amide bonds. The first-order chi connectivity index (χ1) is 3.30. The molecule has 1 aliphatic heterocycles. The highest BCUT2D eigenvalue weighted by Gasteiger charge is 2.32. The van der Waals surface area contributed by atoms with Crippen LogP contribution in [0.5, 0.6) is 0 Å². The molecule has 0 radical (unpaired) electrons. The lowest BCUT2D eigenvalue weighted by molar-refractivity contribution is -0.232. The third-order valence-corrected chi connectivity index (χ3v) is 4.80. The lowest BCUT2D eigenvalue weighted by Crippen LogP contribution is -2.35. The van der Waals surface area contributed by atoms with Gasteiger partial charge in [-0.1, -0.05) is 0 Å². The molecule has 40 valence electrons. The zero-order valence-corrected chi connectivity index (χ0v) is 5.18. The predicted molar refractivity (Wildman–Crippen MR) is 30.1 cm³/mol. The van der Waals surface area contributed by atoms with E-state index in [0.717, 1.165) is 11.5 Å². The molecule has 1 atom stereocenters. The maximum absolute atomic E-state index is 9.86. The fourth-order valence-electron chi connectivity index (χ4n) is 0.298. The summed E-state index contributed by atoms with van der Waals surface area (Å²) in [6.45, 7) is 0. The van der Waals surface area contributed by atoms with Crippen molar-refractivity contribution in [3.05, 3.63) is 0 Å². The summed E-state index contributed by atoms with van der Waals surface area (Å²) in [5, 5.41) is 8.98. The molecule has 0 N–H and O–H groups in total. The second-order valence-corrected chi connectivity index (χ2v) is 5.11. The third kappa shape index (κ3) is 1.04. The maximum Gasteiger partial charge on any atom is 0.286 e. The fourth-order valence-corrected chi connectivity index (χ4v) is 2.18. The Hall–Kier alpha value is 0.170. The second kappa shape index (κ2) is 1.96. The van der Waals surface area contributed by atoms with E-state index in [1.807, 2.05) is 0 Å². The van der Waals surface area contributed by atoms with Gasteiger partial charge in [-0.3, -0.25) is 0 Å². The first kappa shape index (κ1) is 5.31. The zero-order valence-electron chi connectivity index (χ0n) is 3.55. The Bertz CT molecular complexity index is 88.9. The molecule has 7 heavy (non-hydrogen) atoms. The second-order valence-electron chi connectivity index (χ2n) is 1.12. The molecule has 4 heteroatoms. The van der Waals surface area contributed by atoms with Crippen molar-refractivity contribution in [2.45, 2.75) is 0 Å². The highest BCUT2D eigenvalue weighted by molar-refractivity contribution is 8.81. The van der Waals surface area contributed by atoms with E-state index >= 15 is 0 Å². The number of hydrogen-bond acceptors (Lipinski definition) is 3. The summed E-state index contributed by atoms with van der Waals surface area (Å²) < 4.78 is 0. The molecule has 0 aromatic rings. The Morgan fingerprint density at radius 3 is 2.43 bits per heavy atom. The average molecular weight is 136 g/mol. The molecule has 0 aromatic heterocycles. The van der Waals surface area contributed by atoms with Gasteiger partial charge in [-0.15, -0.1) is 0 Å². The topological polar surface area (TPSA) is 40.1 Å². The molecule has 1 saturated heterocycles. The van der Waals surface area contributed by atoms with E-state index in [1.165, 1.54) is 10.8 Å². The van der Waals surface area contributed by atoms with Crippen LogP contribution in [0.3, 0.4) is 0 Å². The first-order valence-electron chi connectivity index (χ1n) is 1.86. The Balaban J connectivity index is 2.27. The lowest BCUT2D eigenvalue weighted by atomic mass is 11.0. The molecule has 0 aromatic carbocycles. The SMILES string of the molecule is O=C([O-])[S+]1CCS1. The van der Waals surface area contributed by atoms with Crippen LogP contribution in [-0.2, 0) is 9.93 Å². The van der Waals surface area contributed by atoms with Gasteiger partial charge in [-0.05, 0) is 0 Å². The van der Waals surface area contributed by atoms with E-state index in [0.29, 0.717) is 0 Å². The summed E-state index contributed by atoms with van der Waals surface area (Å²) in [5.74, 6) is 1.82. The van der Waals surface area contributed by atoms with Crippen LogP contribution in [0.15, 0.2) is 0 Å². The van der Waals surface area contributed by atoms with Gasteiger partial charge in [0.1, 0.15) is 26.5 Å². The highest BCUT2D eigenvalue weighted by Crippen LogP contribution is 2.26. The minimum atomic E-state index is -0.878. The zero-order chi connectivity index (χ0) is 5.28. The summed E-state index contributed by atoms with van der Waals surface area (Å²) in [6, 6.07) is 0. The van der Waals surface area contributed by atoms with E-state index in [4.69, 9.17) is 0 Å². The van der Waals surface area contributed by atoms with E-state index < -0.39 is 15.2 Å². The lowest BCUT2D eigenvalue weighted by Gasteiger charge is -2.10. The van der Waals surface area contributed by atoms with E-state index in [1.54, 1.807) is 0 Å². The van der Waals surface area contributed by atoms with Crippen molar-refractivity contribution in [3.63, 3.8) is 0 Å². The summed E-state index contributed by atoms with van der Waals surface area (Å²) >= 11 is 0. The van der Waals surface area contributed by atoms with E-state index in [-0.39, 0.29) is 0 Å². The molecule has 0 spiro atoms. The number of carbonyl (C=O) groups excluding carboxylic acids is 1. The van der Waals surface area contributed by atoms with Crippen LogP contribution in [-0.4, -0.2) is 16.8 Å². The van der Waals surface area contributed by atoms with Crippen molar-refractivity contribution in [3.8, 4) is 0 Å². The summed E-state index contributed by atoms with van der Waals surface area (Å²) in [4.78, 5) is 9.86. The molecule has 2 nitrogen and oxygen atoms in total. The molecule has 1 rings (SSSR count). The molecular formula is C3H4O2S2. The van der Waals surface area contributed by atoms with Gasteiger partial charge in [-0.25, -0.2) is 0 Å². The Morgan fingerprint density at radius 2 is 2.43 bits per heavy atom. The van der Waals surface area contributed by atoms with Crippen molar-refractivity contribution in [2.24, 2.45) is 0 Å². The number of hydrogen-bond donors (Lipinski definition) is 0. The van der Waals surface area contributed by atoms with Crippen LogP contribution >= 0.6 is 10.8 Å². The van der Waals surface area contributed by atoms with Crippen molar-refractivity contribution >= 4 is 26.0 Å². The minimum absolute atomic E-state index is 0.426. The van der Waals surface area contributed by atoms with Crippen LogP contribution in [0.2, 0.25) is 0 Å². The van der Waals surface area contributed by atoms with Gasteiger partial charge in [0.15, 0.2) is 0 Å². The Morgan fingerprint density at radius 1 is 1.86 bits per heavy atom. The Labute approximate surface area is 48.0 Å². The van der Waals surface area contributed by atoms with Crippen LogP contribution in [0.4, 0.5) is 4.79 Å². The third-order valence-electron chi connectivity index (χ3n) is 0.680. The number of carbonyl (C=O) groups is 1. The van der Waals surface area contributed by atoms with Crippen LogP contribution in [0.25, 0.3) is 0 Å². The number of carboxylic acid groups (broad SMARTS) is 1. The van der Waals surface area contributed by atoms with E-state index in [2.05, 4.69) is 0 Å². The first-order valence-corrected chi connectivity index (χ1v) is 4.75. The molecule has 1 fully saturated rings. The van der Waals surface area contributed by atoms with Crippen molar-refractivity contribution < 1.29 is 9.90 Å². The molecular weight excluding hydrogens is 132 g/mol. The molecule has 0 bridgehead atoms. The molecule has 1 heterocycles. The van der Waals surface area contributed by atoms with E-state index in [9.17, 15) is 9.90 Å². The minimum Gasteiger partial charge on any atom is -0.503 e. The highest BCUT2D eigenvalue weighted by atomic mass is 33.1. The van der Waals surface area contributed by atoms with Crippen molar-refractivity contribution in [2.75, 3.05) is 11.5 Å². The van der Waals surface area contributed by atoms with Gasteiger partial charge < -0.3 is 9.90 Å². The summed E-state index contributed by atoms with van der Waals surface area (Å²) in [7, 11) is 1.05. The summed E-state index contributed by atoms with van der Waals surface area (Å²) in [5.41, 5.74) is 0. The van der Waals surface area contributed by atoms with Crippen LogP contribution in [0.1, 0.15) is 0 Å². The fraction of sp³-hybridized carbons (Fsp3) is 0.667. The smallest absolute Gasteiger partial charge is 0.286 e. The van der Waals surface area contributed by atoms with Gasteiger partial charge >= 0.3 is 0 Å². The molecule has 1 unspecified atom stereocenters. The normalized spacial score (nSPS) is 28.9. The monoisotopic (exact) mass is 136 g/mol. The standard InChI is InChI=1S/C3H4O2S2/c4-3(5)7-2-1-6-7/h1-2H2. The molecule has 0 aliphatic carbocycles. The molecule has 0 saturated carbocycles. The largest absolute Gasteiger partial charge is 0.503 e. The van der Waals surface area contributed by atoms with Gasteiger partial charge in [0.05, 0.1) is 5.75 Å². The molecule has 1 aliphatic rings. The Kier molecular flexibility index (Phi) is 1.49. The van der Waals surface area contributed by atoms with Crippen LogP contribution in [0, 0.1) is 0 Å². The summed E-state index contributed by atoms with van der Waals surface area (Å²) in [6.07, 6.45) is 0. The van der Waals surface area contributed by atoms with Crippen molar-refractivity contribution in [1.29, 1.82) is 0 Å². The average Bonchev–Trinajstić information content (AvgIpc) is 1.23. The van der Waals surface area contributed by atoms with Gasteiger partial charge in [0.25, 0.3) is 5.30 Å². The quantitative estimate of drug-likeness (QED) is 0.336. The van der Waals surface area contributed by atoms with Crippen molar-refractivity contribution in [1.82, 2.24) is 0 Å². The van der Waals surface area contributed by atoms with Gasteiger partial charge in [-0.2, -0.15) is 0 Å². The number of rotatable bonds is 0. The van der Waals surface area contributed by atoms with Gasteiger partial charge in [0.2, 0.25) is 0 Å². The predicted octanol–water partition coefficient (Wildman–Crippen LogP) is -0.390. The maximum atomic E-state index is 9.86. The van der Waals surface area contributed by atoms with Gasteiger partial charge in [0, 0.05) is 0 Å². The van der Waals surface area contributed by atoms with Crippen LogP contribution < -0.4 is 5.11 Å².